The zero-order valence-corrected chi connectivity index (χ0v) is 14.9. The molecule has 2 rings (SSSR count). The number of rotatable bonds is 4. The van der Waals surface area contributed by atoms with Crippen molar-refractivity contribution in [3.8, 4) is 0 Å². The number of nitro benzene ring substituents is 1. The van der Waals surface area contributed by atoms with Crippen molar-refractivity contribution in [3.63, 3.8) is 0 Å². The number of hydrogen-bond donors (Lipinski definition) is 0. The predicted octanol–water partition coefficient (Wildman–Crippen LogP) is 2.31. The van der Waals surface area contributed by atoms with Crippen molar-refractivity contribution < 1.29 is 22.9 Å². The molecule has 1 atom stereocenters. The van der Waals surface area contributed by atoms with Gasteiger partial charge < -0.3 is 4.74 Å². The van der Waals surface area contributed by atoms with E-state index < -0.39 is 43.3 Å². The molecule has 0 radical (unpaired) electrons. The van der Waals surface area contributed by atoms with Gasteiger partial charge in [0.05, 0.1) is 17.5 Å². The van der Waals surface area contributed by atoms with Gasteiger partial charge in [0, 0.05) is 6.07 Å². The number of sulfonamides is 1. The summed E-state index contributed by atoms with van der Waals surface area (Å²) in [6.07, 6.45) is 0.500. The highest BCUT2D eigenvalue weighted by Crippen LogP contribution is 2.33. The topological polar surface area (TPSA) is 110 Å². The Bertz CT molecular complexity index is 815. The van der Waals surface area contributed by atoms with E-state index in [0.29, 0.717) is 0 Å². The Hall–Kier alpha value is -2.46. The highest BCUT2D eigenvalue weighted by atomic mass is 32.2. The van der Waals surface area contributed by atoms with Crippen LogP contribution in [0.4, 0.5) is 10.5 Å². The molecule has 0 aliphatic carbocycles. The standard InChI is InChI=1S/C15H19N3O6S/c1-5-11-10-16(14(19)24-15(2,3)4)17(11)25(22,23)13-9-7-6-8-12(13)18(20)21/h5-9,11H,1,10H2,2-4H3/t11-/m0/s1. The molecular formula is C15H19N3O6S. The average Bonchev–Trinajstić information content (AvgIpc) is 2.44. The SMILES string of the molecule is C=C[C@H]1CN(C(=O)OC(C)(C)C)N1S(=O)(=O)c1ccccc1[N+](=O)[O-]. The third-order valence-electron chi connectivity index (χ3n) is 3.34. The van der Waals surface area contributed by atoms with E-state index in [1.54, 1.807) is 20.8 Å². The van der Waals surface area contributed by atoms with Gasteiger partial charge in [-0.2, -0.15) is 0 Å². The summed E-state index contributed by atoms with van der Waals surface area (Å²) in [6, 6.07) is 4.26. The molecule has 0 aromatic heterocycles. The van der Waals surface area contributed by atoms with Crippen LogP contribution in [0.1, 0.15) is 20.8 Å². The fourth-order valence-electron chi connectivity index (χ4n) is 2.28. The van der Waals surface area contributed by atoms with Crippen LogP contribution in [0.3, 0.4) is 0 Å². The van der Waals surface area contributed by atoms with Gasteiger partial charge in [0.15, 0.2) is 4.90 Å². The smallest absolute Gasteiger partial charge is 0.425 e. The number of carbonyl (C=O) groups excluding carboxylic acids is 1. The molecule has 1 fully saturated rings. The Kier molecular flexibility index (Phi) is 4.87. The fourth-order valence-corrected chi connectivity index (χ4v) is 4.04. The lowest BCUT2D eigenvalue weighted by Gasteiger charge is -2.47. The minimum Gasteiger partial charge on any atom is -0.443 e. The van der Waals surface area contributed by atoms with Gasteiger partial charge in [-0.05, 0) is 26.8 Å². The van der Waals surface area contributed by atoms with E-state index >= 15 is 0 Å². The second-order valence-electron chi connectivity index (χ2n) is 6.37. The predicted molar refractivity (Wildman–Crippen MR) is 89.0 cm³/mol. The molecule has 10 heteroatoms. The van der Waals surface area contributed by atoms with Gasteiger partial charge in [-0.3, -0.25) is 10.1 Å². The molecule has 0 unspecified atom stereocenters. The molecule has 0 bridgehead atoms. The summed E-state index contributed by atoms with van der Waals surface area (Å²) >= 11 is 0. The van der Waals surface area contributed by atoms with Crippen molar-refractivity contribution >= 4 is 21.8 Å². The molecule has 1 aromatic carbocycles. The van der Waals surface area contributed by atoms with Gasteiger partial charge in [-0.1, -0.05) is 22.6 Å². The van der Waals surface area contributed by atoms with Crippen LogP contribution in [0.2, 0.25) is 0 Å². The van der Waals surface area contributed by atoms with Crippen LogP contribution in [-0.2, 0) is 14.8 Å². The fraction of sp³-hybridized carbons (Fsp3) is 0.400. The van der Waals surface area contributed by atoms with E-state index in [1.807, 2.05) is 0 Å². The Morgan fingerprint density at radius 2 is 2.00 bits per heavy atom. The maximum atomic E-state index is 12.9. The summed E-state index contributed by atoms with van der Waals surface area (Å²) in [6.45, 7) is 8.55. The minimum atomic E-state index is -4.34. The normalized spacial score (nSPS) is 18.4. The molecule has 0 saturated carbocycles. The first-order valence-electron chi connectivity index (χ1n) is 7.40. The number of para-hydroxylation sites is 1. The van der Waals surface area contributed by atoms with Gasteiger partial charge in [0.1, 0.15) is 5.60 Å². The summed E-state index contributed by atoms with van der Waals surface area (Å²) in [5.41, 5.74) is -1.38. The lowest BCUT2D eigenvalue weighted by molar-refractivity contribution is -0.387. The van der Waals surface area contributed by atoms with Crippen molar-refractivity contribution in [1.82, 2.24) is 9.42 Å². The summed E-state index contributed by atoms with van der Waals surface area (Å²) < 4.78 is 31.8. The molecule has 0 spiro atoms. The number of carbonyl (C=O) groups is 1. The monoisotopic (exact) mass is 369 g/mol. The van der Waals surface area contributed by atoms with E-state index in [9.17, 15) is 23.3 Å². The highest BCUT2D eigenvalue weighted by Gasteiger charge is 2.49. The van der Waals surface area contributed by atoms with E-state index in [4.69, 9.17) is 4.74 Å². The van der Waals surface area contributed by atoms with E-state index in [-0.39, 0.29) is 6.54 Å². The molecule has 1 heterocycles. The van der Waals surface area contributed by atoms with Crippen LogP contribution in [0.25, 0.3) is 0 Å². The maximum absolute atomic E-state index is 12.9. The first-order chi connectivity index (χ1) is 11.5. The molecule has 1 aliphatic rings. The quantitative estimate of drug-likeness (QED) is 0.457. The van der Waals surface area contributed by atoms with Gasteiger partial charge >= 0.3 is 6.09 Å². The Morgan fingerprint density at radius 3 is 2.52 bits per heavy atom. The average molecular weight is 369 g/mol. The van der Waals surface area contributed by atoms with Crippen LogP contribution in [0, 0.1) is 10.1 Å². The van der Waals surface area contributed by atoms with Gasteiger partial charge in [-0.15, -0.1) is 6.58 Å². The second kappa shape index (κ2) is 6.45. The number of nitrogens with zero attached hydrogens (tertiary/aromatic N) is 3. The lowest BCUT2D eigenvalue weighted by Crippen LogP contribution is -2.67. The highest BCUT2D eigenvalue weighted by molar-refractivity contribution is 7.89. The van der Waals surface area contributed by atoms with Crippen LogP contribution < -0.4 is 0 Å². The Morgan fingerprint density at radius 1 is 1.40 bits per heavy atom. The van der Waals surface area contributed by atoms with Crippen LogP contribution in [0.15, 0.2) is 41.8 Å². The lowest BCUT2D eigenvalue weighted by atomic mass is 10.2. The number of hydrazine groups is 1. The summed E-state index contributed by atoms with van der Waals surface area (Å²) in [5.74, 6) is 0. The number of ether oxygens (including phenoxy) is 1. The van der Waals surface area contributed by atoms with Crippen LogP contribution >= 0.6 is 0 Å². The van der Waals surface area contributed by atoms with Crippen molar-refractivity contribution in [2.24, 2.45) is 0 Å². The first-order valence-corrected chi connectivity index (χ1v) is 8.84. The molecule has 0 N–H and O–H groups in total. The molecule has 1 saturated heterocycles. The van der Waals surface area contributed by atoms with E-state index in [0.717, 1.165) is 21.6 Å². The number of nitro groups is 1. The third kappa shape index (κ3) is 3.64. The van der Waals surface area contributed by atoms with E-state index in [1.165, 1.54) is 18.2 Å². The zero-order valence-electron chi connectivity index (χ0n) is 14.1. The van der Waals surface area contributed by atoms with Crippen molar-refractivity contribution in [1.29, 1.82) is 0 Å². The zero-order chi connectivity index (χ0) is 19.0. The molecular weight excluding hydrogens is 350 g/mol. The van der Waals surface area contributed by atoms with Gasteiger partial charge in [-0.25, -0.2) is 18.2 Å². The molecule has 1 amide bonds. The first kappa shape index (κ1) is 18.9. The molecule has 25 heavy (non-hydrogen) atoms. The van der Waals surface area contributed by atoms with Gasteiger partial charge in [0.2, 0.25) is 0 Å². The summed E-state index contributed by atoms with van der Waals surface area (Å²) in [5, 5.41) is 12.0. The van der Waals surface area contributed by atoms with Crippen LogP contribution in [0.5, 0.6) is 0 Å². The Balaban J connectivity index is 2.43. The summed E-state index contributed by atoms with van der Waals surface area (Å²) in [7, 11) is -4.34. The van der Waals surface area contributed by atoms with Crippen molar-refractivity contribution in [3.05, 3.63) is 47.0 Å². The molecule has 1 aliphatic heterocycles. The maximum Gasteiger partial charge on any atom is 0.425 e. The van der Waals surface area contributed by atoms with Crippen molar-refractivity contribution in [2.75, 3.05) is 6.54 Å². The Labute approximate surface area is 145 Å². The third-order valence-corrected chi connectivity index (χ3v) is 5.21. The molecule has 9 nitrogen and oxygen atoms in total. The van der Waals surface area contributed by atoms with Gasteiger partial charge in [0.25, 0.3) is 15.7 Å². The number of amides is 1. The van der Waals surface area contributed by atoms with Crippen molar-refractivity contribution in [2.45, 2.75) is 37.3 Å². The number of benzene rings is 1. The van der Waals surface area contributed by atoms with Crippen LogP contribution in [-0.4, -0.2) is 47.0 Å². The second-order valence-corrected chi connectivity index (χ2v) is 8.13. The summed E-state index contributed by atoms with van der Waals surface area (Å²) in [4.78, 5) is 22.1. The molecule has 1 aromatic rings. The largest absolute Gasteiger partial charge is 0.443 e. The van der Waals surface area contributed by atoms with E-state index in [2.05, 4.69) is 6.58 Å². The number of hydrogen-bond acceptors (Lipinski definition) is 6. The minimum absolute atomic E-state index is 0.0538. The molecule has 136 valence electrons.